The Morgan fingerprint density at radius 1 is 1.04 bits per heavy atom. The molecule has 0 heterocycles. The van der Waals surface area contributed by atoms with Crippen molar-refractivity contribution in [1.82, 2.24) is 0 Å². The largest absolute Gasteiger partial charge is 0.512 e. The van der Waals surface area contributed by atoms with E-state index < -0.39 is 0 Å². The maximum atomic E-state index is 10.6. The monoisotopic (exact) mass is 306 g/mol. The Morgan fingerprint density at radius 2 is 1.78 bits per heavy atom. The minimum atomic E-state index is 0.135. The Balaban J connectivity index is 2.23. The second kappa shape index (κ2) is 6.23. The summed E-state index contributed by atoms with van der Waals surface area (Å²) in [6.07, 6.45) is 4.14. The fourth-order valence-electron chi connectivity index (χ4n) is 4.02. The Hall–Kier alpha value is -2.02. The summed E-state index contributed by atoms with van der Waals surface area (Å²) in [7, 11) is 0. The van der Waals surface area contributed by atoms with Crippen LogP contribution in [0.25, 0.3) is 17.2 Å². The summed E-state index contributed by atoms with van der Waals surface area (Å²) >= 11 is 0. The molecule has 0 saturated heterocycles. The first-order valence-corrected chi connectivity index (χ1v) is 8.67. The molecular weight excluding hydrogens is 280 g/mol. The predicted molar refractivity (Wildman–Crippen MR) is 98.8 cm³/mol. The van der Waals surface area contributed by atoms with Gasteiger partial charge in [0.25, 0.3) is 0 Å². The number of benzene rings is 2. The summed E-state index contributed by atoms with van der Waals surface area (Å²) in [5.41, 5.74) is 7.63. The Morgan fingerprint density at radius 3 is 2.43 bits per heavy atom. The van der Waals surface area contributed by atoms with Crippen LogP contribution in [0.4, 0.5) is 0 Å². The Kier molecular flexibility index (Phi) is 4.30. The first-order valence-electron chi connectivity index (χ1n) is 8.67. The SMILES string of the molecule is CCC(CC)C1C(O)=Cc2ccc(C)c(-c3cccc(C)c3)c21. The van der Waals surface area contributed by atoms with Crippen molar-refractivity contribution in [1.29, 1.82) is 0 Å². The summed E-state index contributed by atoms with van der Waals surface area (Å²) in [4.78, 5) is 0. The number of hydrogen-bond donors (Lipinski definition) is 1. The molecule has 2 aromatic carbocycles. The average Bonchev–Trinajstić information content (AvgIpc) is 2.85. The van der Waals surface area contributed by atoms with Crippen LogP contribution in [0.2, 0.25) is 0 Å². The standard InChI is InChI=1S/C22H26O/c1-5-16(6-2)21-19(23)13-18-11-10-15(4)20(22(18)21)17-9-7-8-14(3)12-17/h7-13,16,21,23H,5-6H2,1-4H3. The number of fused-ring (bicyclic) bond motifs is 1. The molecule has 120 valence electrons. The third kappa shape index (κ3) is 2.69. The van der Waals surface area contributed by atoms with E-state index in [0.717, 1.165) is 12.8 Å². The molecule has 1 N–H and O–H groups in total. The van der Waals surface area contributed by atoms with E-state index in [4.69, 9.17) is 0 Å². The van der Waals surface area contributed by atoms with Crippen molar-refractivity contribution in [2.45, 2.75) is 46.5 Å². The molecule has 0 aromatic heterocycles. The summed E-state index contributed by atoms with van der Waals surface area (Å²) < 4.78 is 0. The van der Waals surface area contributed by atoms with Crippen molar-refractivity contribution in [3.63, 3.8) is 0 Å². The Bertz CT molecular complexity index is 751. The van der Waals surface area contributed by atoms with Gasteiger partial charge in [-0.2, -0.15) is 0 Å². The molecule has 1 unspecified atom stereocenters. The van der Waals surface area contributed by atoms with Crippen LogP contribution in [0.1, 0.15) is 54.9 Å². The van der Waals surface area contributed by atoms with Gasteiger partial charge in [-0.25, -0.2) is 0 Å². The van der Waals surface area contributed by atoms with Crippen molar-refractivity contribution in [2.75, 3.05) is 0 Å². The number of aryl methyl sites for hydroxylation is 2. The van der Waals surface area contributed by atoms with Crippen molar-refractivity contribution < 1.29 is 5.11 Å². The zero-order chi connectivity index (χ0) is 16.6. The van der Waals surface area contributed by atoms with Gasteiger partial charge in [0.2, 0.25) is 0 Å². The second-order valence-electron chi connectivity index (χ2n) is 6.75. The van der Waals surface area contributed by atoms with Gasteiger partial charge in [0.15, 0.2) is 0 Å². The number of allylic oxidation sites excluding steroid dienone is 1. The van der Waals surface area contributed by atoms with Crippen LogP contribution in [0.3, 0.4) is 0 Å². The van der Waals surface area contributed by atoms with Crippen molar-refractivity contribution in [3.8, 4) is 11.1 Å². The highest BCUT2D eigenvalue weighted by atomic mass is 16.3. The van der Waals surface area contributed by atoms with E-state index in [1.54, 1.807) is 0 Å². The third-order valence-corrected chi connectivity index (χ3v) is 5.25. The lowest BCUT2D eigenvalue weighted by Gasteiger charge is -2.26. The molecule has 0 radical (unpaired) electrons. The van der Waals surface area contributed by atoms with Gasteiger partial charge in [-0.05, 0) is 53.7 Å². The lowest BCUT2D eigenvalue weighted by molar-refractivity contribution is 0.313. The van der Waals surface area contributed by atoms with E-state index in [-0.39, 0.29) is 5.92 Å². The van der Waals surface area contributed by atoms with E-state index in [2.05, 4.69) is 64.1 Å². The van der Waals surface area contributed by atoms with Gasteiger partial charge in [-0.15, -0.1) is 0 Å². The van der Waals surface area contributed by atoms with Gasteiger partial charge in [0, 0.05) is 5.92 Å². The molecule has 0 amide bonds. The minimum Gasteiger partial charge on any atom is -0.512 e. The molecule has 1 aliphatic rings. The molecule has 2 aromatic rings. The Labute approximate surface area is 139 Å². The van der Waals surface area contributed by atoms with Crippen LogP contribution < -0.4 is 0 Å². The summed E-state index contributed by atoms with van der Waals surface area (Å²) in [6.45, 7) is 8.76. The van der Waals surface area contributed by atoms with Crippen LogP contribution in [-0.2, 0) is 0 Å². The summed E-state index contributed by atoms with van der Waals surface area (Å²) in [5, 5.41) is 10.6. The normalized spacial score (nSPS) is 16.6. The van der Waals surface area contributed by atoms with Crippen molar-refractivity contribution in [2.24, 2.45) is 5.92 Å². The topological polar surface area (TPSA) is 20.2 Å². The summed E-state index contributed by atoms with van der Waals surface area (Å²) in [6, 6.07) is 13.0. The molecule has 23 heavy (non-hydrogen) atoms. The first-order chi connectivity index (χ1) is 11.1. The zero-order valence-electron chi connectivity index (χ0n) is 14.6. The average molecular weight is 306 g/mol. The van der Waals surface area contributed by atoms with Gasteiger partial charge < -0.3 is 5.11 Å². The lowest BCUT2D eigenvalue weighted by atomic mass is 9.79. The number of hydrogen-bond acceptors (Lipinski definition) is 1. The highest BCUT2D eigenvalue weighted by molar-refractivity contribution is 5.80. The molecule has 3 rings (SSSR count). The molecule has 1 aliphatic carbocycles. The molecule has 0 fully saturated rings. The highest BCUT2D eigenvalue weighted by Gasteiger charge is 2.33. The molecule has 1 atom stereocenters. The molecule has 1 heteroatoms. The molecule has 0 bridgehead atoms. The molecule has 0 aliphatic heterocycles. The van der Waals surface area contributed by atoms with Crippen LogP contribution in [0, 0.1) is 19.8 Å². The minimum absolute atomic E-state index is 0.135. The second-order valence-corrected chi connectivity index (χ2v) is 6.75. The fourth-order valence-corrected chi connectivity index (χ4v) is 4.02. The van der Waals surface area contributed by atoms with E-state index in [1.807, 2.05) is 6.08 Å². The van der Waals surface area contributed by atoms with Gasteiger partial charge in [0.1, 0.15) is 5.76 Å². The van der Waals surface area contributed by atoms with E-state index in [9.17, 15) is 5.11 Å². The van der Waals surface area contributed by atoms with Gasteiger partial charge in [-0.1, -0.05) is 68.7 Å². The molecular formula is C22H26O. The van der Waals surface area contributed by atoms with Crippen molar-refractivity contribution >= 4 is 6.08 Å². The van der Waals surface area contributed by atoms with Crippen LogP contribution in [-0.4, -0.2) is 5.11 Å². The van der Waals surface area contributed by atoms with Crippen LogP contribution >= 0.6 is 0 Å². The van der Waals surface area contributed by atoms with Gasteiger partial charge in [-0.3, -0.25) is 0 Å². The number of aliphatic hydroxyl groups excluding tert-OH is 1. The number of aliphatic hydroxyl groups is 1. The fraction of sp³-hybridized carbons (Fsp3) is 0.364. The maximum Gasteiger partial charge on any atom is 0.101 e. The third-order valence-electron chi connectivity index (χ3n) is 5.25. The summed E-state index contributed by atoms with van der Waals surface area (Å²) in [5.74, 6) is 1.15. The maximum absolute atomic E-state index is 10.6. The van der Waals surface area contributed by atoms with E-state index in [0.29, 0.717) is 11.7 Å². The van der Waals surface area contributed by atoms with Gasteiger partial charge >= 0.3 is 0 Å². The molecule has 0 spiro atoms. The first kappa shape index (κ1) is 15.9. The van der Waals surface area contributed by atoms with Crippen LogP contribution in [0.15, 0.2) is 42.2 Å². The smallest absolute Gasteiger partial charge is 0.101 e. The molecule has 1 nitrogen and oxygen atoms in total. The van der Waals surface area contributed by atoms with E-state index >= 15 is 0 Å². The van der Waals surface area contributed by atoms with E-state index in [1.165, 1.54) is 33.4 Å². The lowest BCUT2D eigenvalue weighted by Crippen LogP contribution is -2.13. The highest BCUT2D eigenvalue weighted by Crippen LogP contribution is 2.47. The zero-order valence-corrected chi connectivity index (χ0v) is 14.6. The number of rotatable bonds is 4. The quantitative estimate of drug-likeness (QED) is 0.692. The van der Waals surface area contributed by atoms with Crippen LogP contribution in [0.5, 0.6) is 0 Å². The van der Waals surface area contributed by atoms with Crippen molar-refractivity contribution in [3.05, 3.63) is 64.4 Å². The molecule has 0 saturated carbocycles. The predicted octanol–water partition coefficient (Wildman–Crippen LogP) is 6.40. The van der Waals surface area contributed by atoms with Gasteiger partial charge in [0.05, 0.1) is 0 Å².